The van der Waals surface area contributed by atoms with E-state index in [1.165, 1.54) is 12.1 Å². The zero-order valence-electron chi connectivity index (χ0n) is 15.9. The molecule has 2 aromatic rings. The van der Waals surface area contributed by atoms with Gasteiger partial charge >= 0.3 is 0 Å². The highest BCUT2D eigenvalue weighted by Gasteiger charge is 2.27. The standard InChI is InChI=1S/C19H23ClF2N4O2S/c1-2-23-14-6-3-4-7-15(14)24-16-11-13(21)17(10-12(16)20)29(27,28)26-19-9-5-8-18(22)25-19/h5,8-11,14-15,23-24H,2-4,6-7H2,1H3,(H,25,26)/t14-,15?/m0/s1. The molecule has 10 heteroatoms. The van der Waals surface area contributed by atoms with E-state index in [0.29, 0.717) is 5.69 Å². The fraction of sp³-hybridized carbons (Fsp3) is 0.421. The molecule has 29 heavy (non-hydrogen) atoms. The second kappa shape index (κ2) is 9.23. The van der Waals surface area contributed by atoms with Crippen molar-refractivity contribution in [2.75, 3.05) is 16.6 Å². The second-order valence-corrected chi connectivity index (χ2v) is 8.97. The third-order valence-electron chi connectivity index (χ3n) is 4.84. The Bertz CT molecular complexity index is 973. The minimum absolute atomic E-state index is 0.0673. The summed E-state index contributed by atoms with van der Waals surface area (Å²) in [4.78, 5) is 2.79. The smallest absolute Gasteiger partial charge is 0.266 e. The van der Waals surface area contributed by atoms with E-state index in [1.54, 1.807) is 0 Å². The summed E-state index contributed by atoms with van der Waals surface area (Å²) in [5.41, 5.74) is 0.335. The summed E-state index contributed by atoms with van der Waals surface area (Å²) in [6, 6.07) is 6.05. The molecule has 0 spiro atoms. The van der Waals surface area contributed by atoms with Gasteiger partial charge in [0.2, 0.25) is 5.95 Å². The van der Waals surface area contributed by atoms with Crippen molar-refractivity contribution in [2.45, 2.75) is 49.6 Å². The zero-order chi connectivity index (χ0) is 21.0. The number of nitrogens with zero attached hydrogens (tertiary/aromatic N) is 1. The number of sulfonamides is 1. The number of nitrogens with one attached hydrogen (secondary N) is 3. The van der Waals surface area contributed by atoms with E-state index in [-0.39, 0.29) is 22.9 Å². The minimum atomic E-state index is -4.33. The lowest BCUT2D eigenvalue weighted by atomic mass is 9.90. The molecule has 1 aromatic carbocycles. The van der Waals surface area contributed by atoms with Crippen molar-refractivity contribution in [1.29, 1.82) is 0 Å². The van der Waals surface area contributed by atoms with Gasteiger partial charge in [-0.3, -0.25) is 4.72 Å². The molecule has 2 atom stereocenters. The summed E-state index contributed by atoms with van der Waals surface area (Å²) in [5, 5.41) is 6.75. The molecule has 0 saturated heterocycles. The second-order valence-electron chi connectivity index (χ2n) is 6.91. The maximum absolute atomic E-state index is 14.7. The van der Waals surface area contributed by atoms with Gasteiger partial charge in [-0.25, -0.2) is 17.8 Å². The number of hydrogen-bond donors (Lipinski definition) is 3. The lowest BCUT2D eigenvalue weighted by Gasteiger charge is -2.33. The molecule has 6 nitrogen and oxygen atoms in total. The van der Waals surface area contributed by atoms with Gasteiger partial charge in [-0.2, -0.15) is 4.39 Å². The van der Waals surface area contributed by atoms with Crippen molar-refractivity contribution in [1.82, 2.24) is 10.3 Å². The third kappa shape index (κ3) is 5.34. The quantitative estimate of drug-likeness (QED) is 0.559. The molecule has 1 saturated carbocycles. The number of likely N-dealkylation sites (N-methyl/N-ethyl adjacent to an activating group) is 1. The minimum Gasteiger partial charge on any atom is -0.379 e. The van der Waals surface area contributed by atoms with Crippen molar-refractivity contribution >= 4 is 33.1 Å². The van der Waals surface area contributed by atoms with Crippen LogP contribution in [0.2, 0.25) is 5.02 Å². The normalized spacial score (nSPS) is 19.7. The van der Waals surface area contributed by atoms with Crippen molar-refractivity contribution < 1.29 is 17.2 Å². The molecular weight excluding hydrogens is 422 g/mol. The van der Waals surface area contributed by atoms with Crippen LogP contribution in [0.15, 0.2) is 35.2 Å². The number of pyridine rings is 1. The van der Waals surface area contributed by atoms with Crippen LogP contribution in [0.1, 0.15) is 32.6 Å². The molecule has 0 bridgehead atoms. The lowest BCUT2D eigenvalue weighted by Crippen LogP contribution is -2.46. The molecule has 1 aromatic heterocycles. The van der Waals surface area contributed by atoms with Gasteiger partial charge in [0.05, 0.1) is 10.7 Å². The van der Waals surface area contributed by atoms with Crippen molar-refractivity contribution in [3.05, 3.63) is 47.1 Å². The number of benzene rings is 1. The maximum atomic E-state index is 14.7. The van der Waals surface area contributed by atoms with E-state index >= 15 is 0 Å². The van der Waals surface area contributed by atoms with Crippen LogP contribution in [-0.2, 0) is 10.0 Å². The maximum Gasteiger partial charge on any atom is 0.266 e. The summed E-state index contributed by atoms with van der Waals surface area (Å²) in [5.74, 6) is -2.07. The Balaban J connectivity index is 1.83. The molecule has 1 fully saturated rings. The van der Waals surface area contributed by atoms with Gasteiger partial charge in [0.15, 0.2) is 0 Å². The Labute approximate surface area is 174 Å². The first-order chi connectivity index (χ1) is 13.8. The summed E-state index contributed by atoms with van der Waals surface area (Å²) in [7, 11) is -4.33. The number of aromatic nitrogens is 1. The molecule has 1 unspecified atom stereocenters. The van der Waals surface area contributed by atoms with Crippen LogP contribution in [0, 0.1) is 11.8 Å². The molecule has 1 aliphatic carbocycles. The third-order valence-corrected chi connectivity index (χ3v) is 6.52. The number of halogens is 3. The van der Waals surface area contributed by atoms with Crippen molar-refractivity contribution in [3.63, 3.8) is 0 Å². The van der Waals surface area contributed by atoms with E-state index in [2.05, 4.69) is 20.3 Å². The molecule has 3 rings (SSSR count). The first-order valence-electron chi connectivity index (χ1n) is 9.44. The topological polar surface area (TPSA) is 83.1 Å². The first kappa shape index (κ1) is 21.7. The van der Waals surface area contributed by atoms with E-state index in [1.807, 2.05) is 6.92 Å². The Morgan fingerprint density at radius 1 is 1.17 bits per heavy atom. The van der Waals surface area contributed by atoms with Crippen molar-refractivity contribution in [3.8, 4) is 0 Å². The molecule has 1 aliphatic rings. The van der Waals surface area contributed by atoms with Crippen LogP contribution in [0.5, 0.6) is 0 Å². The number of anilines is 2. The highest BCUT2D eigenvalue weighted by molar-refractivity contribution is 7.92. The van der Waals surface area contributed by atoms with Gasteiger partial charge in [-0.15, -0.1) is 0 Å². The van der Waals surface area contributed by atoms with Gasteiger partial charge in [-0.1, -0.05) is 37.4 Å². The van der Waals surface area contributed by atoms with Crippen LogP contribution < -0.4 is 15.4 Å². The summed E-state index contributed by atoms with van der Waals surface area (Å²) < 4.78 is 55.0. The molecule has 158 valence electrons. The molecule has 1 heterocycles. The lowest BCUT2D eigenvalue weighted by molar-refractivity contribution is 0.349. The van der Waals surface area contributed by atoms with Gasteiger partial charge in [-0.05, 0) is 43.7 Å². The predicted octanol–water partition coefficient (Wildman–Crippen LogP) is 4.15. The van der Waals surface area contributed by atoms with Gasteiger partial charge < -0.3 is 10.6 Å². The summed E-state index contributed by atoms with van der Waals surface area (Å²) >= 11 is 6.26. The van der Waals surface area contributed by atoms with E-state index < -0.39 is 26.7 Å². The Kier molecular flexibility index (Phi) is 6.92. The molecule has 3 N–H and O–H groups in total. The van der Waals surface area contributed by atoms with Gasteiger partial charge in [0.1, 0.15) is 16.5 Å². The Morgan fingerprint density at radius 3 is 2.59 bits per heavy atom. The van der Waals surface area contributed by atoms with E-state index in [0.717, 1.165) is 50.4 Å². The molecule has 0 amide bonds. The molecule has 0 aliphatic heterocycles. The fourth-order valence-electron chi connectivity index (χ4n) is 3.51. The average Bonchev–Trinajstić information content (AvgIpc) is 2.65. The fourth-order valence-corrected chi connectivity index (χ4v) is 4.88. The zero-order valence-corrected chi connectivity index (χ0v) is 17.5. The van der Waals surface area contributed by atoms with Gasteiger partial charge in [0, 0.05) is 12.1 Å². The molecular formula is C19H23ClF2N4O2S. The SMILES string of the molecule is CCN[C@H]1CCCCC1Nc1cc(F)c(S(=O)(=O)Nc2cccc(F)n2)cc1Cl. The average molecular weight is 445 g/mol. The summed E-state index contributed by atoms with van der Waals surface area (Å²) in [6.07, 6.45) is 4.08. The van der Waals surface area contributed by atoms with E-state index in [9.17, 15) is 17.2 Å². The summed E-state index contributed by atoms with van der Waals surface area (Å²) in [6.45, 7) is 2.85. The molecule has 0 radical (unpaired) electrons. The van der Waals surface area contributed by atoms with Crippen molar-refractivity contribution in [2.24, 2.45) is 0 Å². The van der Waals surface area contributed by atoms with Crippen LogP contribution in [0.4, 0.5) is 20.3 Å². The van der Waals surface area contributed by atoms with Gasteiger partial charge in [0.25, 0.3) is 10.0 Å². The first-order valence-corrected chi connectivity index (χ1v) is 11.3. The Hall–Kier alpha value is -1.97. The largest absolute Gasteiger partial charge is 0.379 e. The van der Waals surface area contributed by atoms with Crippen LogP contribution in [0.3, 0.4) is 0 Å². The highest BCUT2D eigenvalue weighted by atomic mass is 35.5. The Morgan fingerprint density at radius 2 is 1.90 bits per heavy atom. The number of hydrogen-bond acceptors (Lipinski definition) is 5. The van der Waals surface area contributed by atoms with Crippen LogP contribution in [-0.4, -0.2) is 32.0 Å². The van der Waals surface area contributed by atoms with Crippen LogP contribution >= 0.6 is 11.6 Å². The monoisotopic (exact) mass is 444 g/mol. The predicted molar refractivity (Wildman–Crippen MR) is 110 cm³/mol. The van der Waals surface area contributed by atoms with Crippen LogP contribution in [0.25, 0.3) is 0 Å². The van der Waals surface area contributed by atoms with E-state index in [4.69, 9.17) is 11.6 Å². The number of rotatable bonds is 7. The highest BCUT2D eigenvalue weighted by Crippen LogP contribution is 2.31.